The van der Waals surface area contributed by atoms with Gasteiger partial charge < -0.3 is 9.64 Å². The van der Waals surface area contributed by atoms with Crippen LogP contribution in [0.5, 0.6) is 0 Å². The van der Waals surface area contributed by atoms with Gasteiger partial charge in [0, 0.05) is 28.7 Å². The van der Waals surface area contributed by atoms with Crippen molar-refractivity contribution in [3.05, 3.63) is 44.5 Å². The molecule has 1 aromatic carbocycles. The van der Waals surface area contributed by atoms with E-state index in [-0.39, 0.29) is 5.78 Å². The number of rotatable bonds is 4. The number of hydrogen-bond donors (Lipinski definition) is 0. The summed E-state index contributed by atoms with van der Waals surface area (Å²) in [6.45, 7) is 10.3. The van der Waals surface area contributed by atoms with Gasteiger partial charge in [0.05, 0.1) is 29.7 Å². The molecular formula is C17H12Br2Cl2N2O2S. The second-order valence-corrected chi connectivity index (χ2v) is 10.4. The number of thiophene rings is 1. The number of Topliss-reactive ketones (excluding diaryl/α,β-unsaturated/α-hetero) is 1. The van der Waals surface area contributed by atoms with Gasteiger partial charge in [0.25, 0.3) is 0 Å². The second kappa shape index (κ2) is 8.59. The first kappa shape index (κ1) is 20.1. The number of carbonyl (C=O) groups excluding carboxylic acids is 1. The van der Waals surface area contributed by atoms with E-state index >= 15 is 0 Å². The molecule has 1 aliphatic heterocycles. The lowest BCUT2D eigenvalue weighted by Gasteiger charge is -2.28. The van der Waals surface area contributed by atoms with Crippen molar-refractivity contribution in [2.45, 2.75) is 3.74 Å². The molecule has 26 heavy (non-hydrogen) atoms. The van der Waals surface area contributed by atoms with E-state index in [1.807, 2.05) is 0 Å². The summed E-state index contributed by atoms with van der Waals surface area (Å²) in [7, 11) is 0. The molecular weight excluding hydrogens is 527 g/mol. The first-order chi connectivity index (χ1) is 12.4. The predicted octanol–water partition coefficient (Wildman–Crippen LogP) is 6.41. The minimum absolute atomic E-state index is 0.152. The summed E-state index contributed by atoms with van der Waals surface area (Å²) in [6.07, 6.45) is 0. The second-order valence-electron chi connectivity index (χ2n) is 5.46. The number of anilines is 1. The number of carbonyl (C=O) groups is 1. The van der Waals surface area contributed by atoms with E-state index in [1.165, 1.54) is 11.3 Å². The molecule has 0 amide bonds. The van der Waals surface area contributed by atoms with E-state index in [0.717, 1.165) is 5.00 Å². The van der Waals surface area contributed by atoms with E-state index in [9.17, 15) is 4.79 Å². The Hall–Kier alpha value is -0.620. The summed E-state index contributed by atoms with van der Waals surface area (Å²) in [5.41, 5.74) is 1.62. The maximum atomic E-state index is 12.8. The molecule has 0 aliphatic carbocycles. The molecule has 1 aliphatic rings. The zero-order chi connectivity index (χ0) is 18.8. The highest BCUT2D eigenvalue weighted by atomic mass is 79.9. The lowest BCUT2D eigenvalue weighted by atomic mass is 10.0. The molecule has 0 bridgehead atoms. The Bertz CT molecular complexity index is 890. The number of nitrogens with zero attached hydrogens (tertiary/aromatic N) is 2. The molecule has 1 fully saturated rings. The van der Waals surface area contributed by atoms with Gasteiger partial charge in [0.1, 0.15) is 3.74 Å². The van der Waals surface area contributed by atoms with E-state index < -0.39 is 3.74 Å². The molecule has 0 N–H and O–H groups in total. The lowest BCUT2D eigenvalue weighted by molar-refractivity contribution is 0.102. The predicted molar refractivity (Wildman–Crippen MR) is 115 cm³/mol. The van der Waals surface area contributed by atoms with Gasteiger partial charge in [-0.15, -0.1) is 11.3 Å². The summed E-state index contributed by atoms with van der Waals surface area (Å²) in [5.74, 6) is -0.152. The Morgan fingerprint density at radius 2 is 2.00 bits per heavy atom. The van der Waals surface area contributed by atoms with E-state index in [0.29, 0.717) is 58.0 Å². The molecule has 136 valence electrons. The third-order valence-electron chi connectivity index (χ3n) is 3.90. The minimum atomic E-state index is -0.547. The summed E-state index contributed by atoms with van der Waals surface area (Å²) in [6, 6.07) is 5.07. The first-order valence-electron chi connectivity index (χ1n) is 7.58. The minimum Gasteiger partial charge on any atom is -0.378 e. The van der Waals surface area contributed by atoms with Crippen molar-refractivity contribution in [1.82, 2.24) is 0 Å². The highest BCUT2D eigenvalue weighted by Crippen LogP contribution is 2.51. The van der Waals surface area contributed by atoms with Crippen LogP contribution in [0.4, 0.5) is 10.7 Å². The molecule has 2 aromatic rings. The standard InChI is InChI=1S/C17H12Br2Cl2N2O2S/c1-22-13-12(10-3-2-9(20)8-11(10)21)15(14(24)16(18)19)26-17(13)23-4-6-25-7-5-23/h2-3,8,16H,4-7H2. The Morgan fingerprint density at radius 3 is 2.58 bits per heavy atom. The van der Waals surface area contributed by atoms with Crippen molar-refractivity contribution >= 4 is 82.9 Å². The molecule has 0 atom stereocenters. The Labute approximate surface area is 182 Å². The fourth-order valence-electron chi connectivity index (χ4n) is 2.71. The van der Waals surface area contributed by atoms with E-state index in [2.05, 4.69) is 41.6 Å². The van der Waals surface area contributed by atoms with Gasteiger partial charge in [-0.2, -0.15) is 0 Å². The summed E-state index contributed by atoms with van der Waals surface area (Å²) >= 11 is 20.3. The topological polar surface area (TPSA) is 33.9 Å². The normalized spacial score (nSPS) is 14.5. The van der Waals surface area contributed by atoms with Crippen molar-refractivity contribution in [3.63, 3.8) is 0 Å². The number of hydrogen-bond acceptors (Lipinski definition) is 4. The molecule has 0 spiro atoms. The van der Waals surface area contributed by atoms with Crippen LogP contribution in [0, 0.1) is 6.57 Å². The summed E-state index contributed by atoms with van der Waals surface area (Å²) in [5, 5.41) is 1.68. The van der Waals surface area contributed by atoms with Crippen LogP contribution in [0.25, 0.3) is 16.0 Å². The van der Waals surface area contributed by atoms with Crippen molar-refractivity contribution in [2.24, 2.45) is 0 Å². The Kier molecular flexibility index (Phi) is 6.65. The van der Waals surface area contributed by atoms with Crippen molar-refractivity contribution in [3.8, 4) is 11.1 Å². The third-order valence-corrected chi connectivity index (χ3v) is 6.53. The van der Waals surface area contributed by atoms with Gasteiger partial charge in [-0.1, -0.05) is 61.1 Å². The molecule has 0 unspecified atom stereocenters. The molecule has 2 heterocycles. The molecule has 0 radical (unpaired) electrons. The van der Waals surface area contributed by atoms with Gasteiger partial charge in [-0.25, -0.2) is 4.85 Å². The Morgan fingerprint density at radius 1 is 1.31 bits per heavy atom. The van der Waals surface area contributed by atoms with Gasteiger partial charge in [0.15, 0.2) is 5.78 Å². The quantitative estimate of drug-likeness (QED) is 0.256. The number of morpholine rings is 1. The maximum absolute atomic E-state index is 12.8. The van der Waals surface area contributed by atoms with Crippen LogP contribution < -0.4 is 4.90 Å². The first-order valence-corrected chi connectivity index (χ1v) is 11.0. The molecule has 1 saturated heterocycles. The van der Waals surface area contributed by atoms with Crippen LogP contribution in [0.3, 0.4) is 0 Å². The SMILES string of the molecule is [C-]#[N+]c1c(N2CCOCC2)sc(C(=O)C(Br)Br)c1-c1ccc(Cl)cc1Cl. The maximum Gasteiger partial charge on any atom is 0.229 e. The fraction of sp³-hybridized carbons (Fsp3) is 0.294. The van der Waals surface area contributed by atoms with Crippen LogP contribution in [-0.2, 0) is 4.74 Å². The van der Waals surface area contributed by atoms with Crippen LogP contribution >= 0.6 is 66.4 Å². The lowest BCUT2D eigenvalue weighted by Crippen LogP contribution is -2.35. The molecule has 4 nitrogen and oxygen atoms in total. The average molecular weight is 539 g/mol. The van der Waals surface area contributed by atoms with Crippen LogP contribution in [0.1, 0.15) is 9.67 Å². The zero-order valence-electron chi connectivity index (χ0n) is 13.3. The average Bonchev–Trinajstić information content (AvgIpc) is 3.01. The highest BCUT2D eigenvalue weighted by Gasteiger charge is 2.30. The van der Waals surface area contributed by atoms with Crippen molar-refractivity contribution in [1.29, 1.82) is 0 Å². The highest BCUT2D eigenvalue weighted by molar-refractivity contribution is 9.25. The van der Waals surface area contributed by atoms with Gasteiger partial charge in [0.2, 0.25) is 5.69 Å². The molecule has 0 saturated carbocycles. The molecule has 1 aromatic heterocycles. The zero-order valence-corrected chi connectivity index (χ0v) is 18.8. The molecule has 3 rings (SSSR count). The van der Waals surface area contributed by atoms with E-state index in [1.54, 1.807) is 18.2 Å². The number of alkyl halides is 2. The smallest absolute Gasteiger partial charge is 0.229 e. The molecule has 9 heteroatoms. The van der Waals surface area contributed by atoms with Crippen LogP contribution in [0.2, 0.25) is 10.0 Å². The monoisotopic (exact) mass is 536 g/mol. The third kappa shape index (κ3) is 3.96. The van der Waals surface area contributed by atoms with Gasteiger partial charge >= 0.3 is 0 Å². The van der Waals surface area contributed by atoms with Gasteiger partial charge in [-0.05, 0) is 17.7 Å². The Balaban J connectivity index is 2.24. The number of benzene rings is 1. The summed E-state index contributed by atoms with van der Waals surface area (Å²) < 4.78 is 4.86. The largest absolute Gasteiger partial charge is 0.378 e. The summed E-state index contributed by atoms with van der Waals surface area (Å²) in [4.78, 5) is 19.1. The van der Waals surface area contributed by atoms with Crippen LogP contribution in [0.15, 0.2) is 18.2 Å². The van der Waals surface area contributed by atoms with Crippen molar-refractivity contribution in [2.75, 3.05) is 31.2 Å². The fourth-order valence-corrected chi connectivity index (χ4v) is 5.25. The number of halogens is 4. The van der Waals surface area contributed by atoms with E-state index in [4.69, 9.17) is 34.5 Å². The van der Waals surface area contributed by atoms with Gasteiger partial charge in [-0.3, -0.25) is 4.79 Å². The number of ketones is 1. The number of ether oxygens (including phenoxy) is 1. The van der Waals surface area contributed by atoms with Crippen molar-refractivity contribution < 1.29 is 9.53 Å². The van der Waals surface area contributed by atoms with Crippen LogP contribution in [-0.4, -0.2) is 35.8 Å².